The summed E-state index contributed by atoms with van der Waals surface area (Å²) in [5, 5.41) is 3.95. The van der Waals surface area contributed by atoms with E-state index in [0.29, 0.717) is 4.67 Å². The van der Waals surface area contributed by atoms with Gasteiger partial charge in [0.15, 0.2) is 0 Å². The molecule has 0 unspecified atom stereocenters. The summed E-state index contributed by atoms with van der Waals surface area (Å²) in [7, 11) is 0. The molecule has 0 spiro atoms. The van der Waals surface area contributed by atoms with Crippen LogP contribution >= 0.6 is 31.9 Å². The van der Waals surface area contributed by atoms with Gasteiger partial charge >= 0.3 is 0 Å². The van der Waals surface area contributed by atoms with Gasteiger partial charge in [-0.15, -0.1) is 0 Å². The highest BCUT2D eigenvalue weighted by Crippen LogP contribution is 2.33. The van der Waals surface area contributed by atoms with Crippen molar-refractivity contribution in [2.75, 3.05) is 0 Å². The zero-order valence-electron chi connectivity index (χ0n) is 7.42. The second-order valence-electron chi connectivity index (χ2n) is 2.98. The number of halogens is 2. The summed E-state index contributed by atoms with van der Waals surface area (Å²) in [4.78, 5) is 0. The van der Waals surface area contributed by atoms with E-state index in [1.165, 1.54) is 5.56 Å². The van der Waals surface area contributed by atoms with E-state index in [4.69, 9.17) is 4.52 Å². The number of aromatic nitrogens is 1. The fraction of sp³-hybridized carbons (Fsp3) is 0.100. The van der Waals surface area contributed by atoms with E-state index in [1.54, 1.807) is 0 Å². The first-order chi connectivity index (χ1) is 6.68. The fourth-order valence-electron chi connectivity index (χ4n) is 1.15. The molecule has 0 saturated heterocycles. The maximum absolute atomic E-state index is 5.00. The van der Waals surface area contributed by atoms with Crippen LogP contribution in [0, 0.1) is 6.92 Å². The normalized spacial score (nSPS) is 10.5. The first-order valence-corrected chi connectivity index (χ1v) is 5.65. The van der Waals surface area contributed by atoms with Crippen LogP contribution in [0.5, 0.6) is 0 Å². The van der Waals surface area contributed by atoms with Crippen molar-refractivity contribution in [2.45, 2.75) is 6.92 Å². The molecule has 0 aliphatic rings. The molecule has 0 amide bonds. The fourth-order valence-corrected chi connectivity index (χ4v) is 1.78. The highest BCUT2D eigenvalue weighted by Gasteiger charge is 2.12. The molecule has 72 valence electrons. The molecule has 0 saturated carbocycles. The molecule has 0 bridgehead atoms. The number of benzene rings is 1. The minimum atomic E-state index is 0.619. The molecule has 0 radical (unpaired) electrons. The van der Waals surface area contributed by atoms with Gasteiger partial charge in [-0.1, -0.05) is 35.0 Å². The Morgan fingerprint density at radius 2 is 1.79 bits per heavy atom. The molecular formula is C10H7Br2NO. The van der Waals surface area contributed by atoms with Crippen molar-refractivity contribution >= 4 is 31.9 Å². The Morgan fingerprint density at radius 1 is 1.14 bits per heavy atom. The molecule has 0 N–H and O–H groups in total. The third-order valence-corrected chi connectivity index (χ3v) is 3.73. The van der Waals surface area contributed by atoms with E-state index in [0.717, 1.165) is 15.7 Å². The lowest BCUT2D eigenvalue weighted by molar-refractivity contribution is 0.401. The van der Waals surface area contributed by atoms with Crippen LogP contribution in [0.4, 0.5) is 0 Å². The Balaban J connectivity index is 2.49. The Labute approximate surface area is 98.6 Å². The lowest BCUT2D eigenvalue weighted by Gasteiger charge is -1.96. The lowest BCUT2D eigenvalue weighted by atomic mass is 10.1. The van der Waals surface area contributed by atoms with Gasteiger partial charge in [0, 0.05) is 5.56 Å². The summed E-state index contributed by atoms with van der Waals surface area (Å²) in [5.74, 6) is 0. The summed E-state index contributed by atoms with van der Waals surface area (Å²) < 4.78 is 6.47. The highest BCUT2D eigenvalue weighted by molar-refractivity contribution is 9.13. The minimum Gasteiger partial charge on any atom is -0.347 e. The molecule has 0 aliphatic carbocycles. The highest BCUT2D eigenvalue weighted by atomic mass is 79.9. The number of hydrogen-bond acceptors (Lipinski definition) is 2. The predicted molar refractivity (Wildman–Crippen MR) is 62.1 cm³/mol. The van der Waals surface area contributed by atoms with E-state index in [1.807, 2.05) is 24.3 Å². The minimum absolute atomic E-state index is 0.619. The molecular weight excluding hydrogens is 310 g/mol. The van der Waals surface area contributed by atoms with E-state index in [2.05, 4.69) is 43.9 Å². The average Bonchev–Trinajstić information content (AvgIpc) is 2.50. The molecule has 0 atom stereocenters. The van der Waals surface area contributed by atoms with Crippen LogP contribution in [-0.2, 0) is 0 Å². The molecule has 1 heterocycles. The lowest BCUT2D eigenvalue weighted by Crippen LogP contribution is -1.78. The van der Waals surface area contributed by atoms with Crippen molar-refractivity contribution in [1.29, 1.82) is 0 Å². The van der Waals surface area contributed by atoms with Gasteiger partial charge in [0.05, 0.1) is 4.47 Å². The number of aryl methyl sites for hydroxylation is 1. The Morgan fingerprint density at radius 3 is 2.29 bits per heavy atom. The van der Waals surface area contributed by atoms with Gasteiger partial charge in [-0.2, -0.15) is 0 Å². The van der Waals surface area contributed by atoms with E-state index >= 15 is 0 Å². The van der Waals surface area contributed by atoms with Crippen LogP contribution in [0.15, 0.2) is 37.9 Å². The number of hydrogen-bond donors (Lipinski definition) is 0. The van der Waals surface area contributed by atoms with Crippen molar-refractivity contribution < 1.29 is 4.52 Å². The average molecular weight is 317 g/mol. The summed E-state index contributed by atoms with van der Waals surface area (Å²) in [6.07, 6.45) is 0. The van der Waals surface area contributed by atoms with Gasteiger partial charge in [0.25, 0.3) is 0 Å². The summed E-state index contributed by atoms with van der Waals surface area (Å²) >= 11 is 6.65. The molecule has 0 fully saturated rings. The zero-order valence-corrected chi connectivity index (χ0v) is 10.6. The topological polar surface area (TPSA) is 26.0 Å². The molecule has 2 aromatic rings. The third-order valence-electron chi connectivity index (χ3n) is 1.92. The van der Waals surface area contributed by atoms with Crippen molar-refractivity contribution in [1.82, 2.24) is 5.16 Å². The molecule has 0 aliphatic heterocycles. The maximum Gasteiger partial charge on any atom is 0.216 e. The largest absolute Gasteiger partial charge is 0.347 e. The Bertz CT molecular complexity index is 448. The quantitative estimate of drug-likeness (QED) is 0.789. The van der Waals surface area contributed by atoms with Crippen molar-refractivity contribution in [3.63, 3.8) is 0 Å². The predicted octanol–water partition coefficient (Wildman–Crippen LogP) is 4.18. The maximum atomic E-state index is 5.00. The second-order valence-corrected chi connectivity index (χ2v) is 4.50. The molecule has 14 heavy (non-hydrogen) atoms. The monoisotopic (exact) mass is 315 g/mol. The van der Waals surface area contributed by atoms with E-state index in [-0.39, 0.29) is 0 Å². The first kappa shape index (κ1) is 9.93. The van der Waals surface area contributed by atoms with Crippen LogP contribution < -0.4 is 0 Å². The van der Waals surface area contributed by atoms with Crippen LogP contribution in [0.2, 0.25) is 0 Å². The van der Waals surface area contributed by atoms with Gasteiger partial charge in [0.2, 0.25) is 4.67 Å². The molecule has 2 rings (SSSR count). The standard InChI is InChI=1S/C10H7Br2NO/c1-6-2-4-7(5-3-6)9-8(11)10(12)14-13-9/h2-5H,1H3. The molecule has 1 aromatic heterocycles. The number of rotatable bonds is 1. The Hall–Kier alpha value is -0.610. The third kappa shape index (κ3) is 1.77. The molecule has 2 nitrogen and oxygen atoms in total. The van der Waals surface area contributed by atoms with Crippen LogP contribution in [-0.4, -0.2) is 5.16 Å². The first-order valence-electron chi connectivity index (χ1n) is 4.06. The van der Waals surface area contributed by atoms with E-state index in [9.17, 15) is 0 Å². The second kappa shape index (κ2) is 3.87. The Kier molecular flexibility index (Phi) is 2.74. The molecule has 4 heteroatoms. The summed E-state index contributed by atoms with van der Waals surface area (Å²) in [6.45, 7) is 2.05. The van der Waals surface area contributed by atoms with Gasteiger partial charge in [-0.25, -0.2) is 0 Å². The van der Waals surface area contributed by atoms with Crippen molar-refractivity contribution in [2.24, 2.45) is 0 Å². The number of nitrogens with zero attached hydrogens (tertiary/aromatic N) is 1. The summed E-state index contributed by atoms with van der Waals surface area (Å²) in [5.41, 5.74) is 3.08. The van der Waals surface area contributed by atoms with Gasteiger partial charge in [0.1, 0.15) is 5.69 Å². The van der Waals surface area contributed by atoms with Gasteiger partial charge in [-0.3, -0.25) is 0 Å². The van der Waals surface area contributed by atoms with Gasteiger partial charge < -0.3 is 4.52 Å². The van der Waals surface area contributed by atoms with Crippen LogP contribution in [0.3, 0.4) is 0 Å². The van der Waals surface area contributed by atoms with Crippen LogP contribution in [0.25, 0.3) is 11.3 Å². The van der Waals surface area contributed by atoms with Crippen molar-refractivity contribution in [3.05, 3.63) is 39.0 Å². The zero-order chi connectivity index (χ0) is 10.1. The summed E-state index contributed by atoms with van der Waals surface area (Å²) in [6, 6.07) is 8.13. The molecule has 1 aromatic carbocycles. The smallest absolute Gasteiger partial charge is 0.216 e. The SMILES string of the molecule is Cc1ccc(-c2noc(Br)c2Br)cc1. The van der Waals surface area contributed by atoms with Gasteiger partial charge in [-0.05, 0) is 38.8 Å². The van der Waals surface area contributed by atoms with E-state index < -0.39 is 0 Å². The van der Waals surface area contributed by atoms with Crippen molar-refractivity contribution in [3.8, 4) is 11.3 Å². The van der Waals surface area contributed by atoms with Crippen LogP contribution in [0.1, 0.15) is 5.56 Å².